The van der Waals surface area contributed by atoms with E-state index in [1.165, 1.54) is 0 Å². The van der Waals surface area contributed by atoms with Crippen LogP contribution in [0, 0.1) is 0 Å². The van der Waals surface area contributed by atoms with E-state index in [2.05, 4.69) is 0 Å². The normalized spacial score (nSPS) is 35.4. The number of aliphatic hydroxyl groups excluding tert-OH is 3. The summed E-state index contributed by atoms with van der Waals surface area (Å²) in [6.07, 6.45) is -3.45. The third-order valence-electron chi connectivity index (χ3n) is 2.47. The molecule has 0 aromatic rings. The van der Waals surface area contributed by atoms with Crippen molar-refractivity contribution in [2.45, 2.75) is 44.4 Å². The molecule has 1 saturated heterocycles. The Morgan fingerprint density at radius 2 is 2.12 bits per heavy atom. The van der Waals surface area contributed by atoms with E-state index in [1.54, 1.807) is 0 Å². The number of ether oxygens (including phenoxy) is 2. The molecule has 0 radical (unpaired) electrons. The lowest BCUT2D eigenvalue weighted by Crippen LogP contribution is -2.56. The molecule has 0 saturated carbocycles. The number of Topliss-reactive ketones (excluding diaryl/α,β-unsaturated/α-hetero) is 1. The van der Waals surface area contributed by atoms with Crippen molar-refractivity contribution >= 4 is 5.78 Å². The minimum atomic E-state index is -1.56. The fourth-order valence-corrected chi connectivity index (χ4v) is 1.42. The minimum absolute atomic E-state index is 0.341. The van der Waals surface area contributed by atoms with Crippen LogP contribution in [-0.2, 0) is 14.3 Å². The van der Waals surface area contributed by atoms with E-state index in [4.69, 9.17) is 14.6 Å². The predicted molar refractivity (Wildman–Crippen MR) is 53.6 cm³/mol. The zero-order chi connectivity index (χ0) is 12.1. The fraction of sp³-hybridized carbons (Fsp3) is 0.900. The van der Waals surface area contributed by atoms with Crippen molar-refractivity contribution in [3.8, 4) is 0 Å². The maximum atomic E-state index is 11.4. The van der Waals surface area contributed by atoms with Gasteiger partial charge in [0.15, 0.2) is 0 Å². The first kappa shape index (κ1) is 13.5. The van der Waals surface area contributed by atoms with Gasteiger partial charge in [0.1, 0.15) is 18.3 Å². The van der Waals surface area contributed by atoms with E-state index in [1.807, 2.05) is 6.92 Å². The fourth-order valence-electron chi connectivity index (χ4n) is 1.42. The summed E-state index contributed by atoms with van der Waals surface area (Å²) in [7, 11) is 0. The van der Waals surface area contributed by atoms with Gasteiger partial charge in [-0.1, -0.05) is 13.3 Å². The van der Waals surface area contributed by atoms with Gasteiger partial charge in [-0.25, -0.2) is 0 Å². The van der Waals surface area contributed by atoms with Crippen LogP contribution in [0.25, 0.3) is 0 Å². The molecule has 94 valence electrons. The molecule has 1 aliphatic heterocycles. The number of carbonyl (C=O) groups excluding carboxylic acids is 1. The number of rotatable bonds is 5. The van der Waals surface area contributed by atoms with Crippen LogP contribution in [0.5, 0.6) is 0 Å². The molecule has 1 fully saturated rings. The van der Waals surface area contributed by atoms with Crippen molar-refractivity contribution in [2.24, 2.45) is 0 Å². The van der Waals surface area contributed by atoms with Gasteiger partial charge in [0.25, 0.3) is 0 Å². The lowest BCUT2D eigenvalue weighted by Gasteiger charge is -2.34. The molecule has 0 aromatic carbocycles. The third kappa shape index (κ3) is 2.99. The Morgan fingerprint density at radius 1 is 1.44 bits per heavy atom. The largest absolute Gasteiger partial charge is 0.394 e. The molecule has 0 aliphatic carbocycles. The zero-order valence-electron chi connectivity index (χ0n) is 9.20. The maximum absolute atomic E-state index is 11.4. The van der Waals surface area contributed by atoms with Crippen LogP contribution in [0.4, 0.5) is 0 Å². The summed E-state index contributed by atoms with van der Waals surface area (Å²) < 4.78 is 10.2. The number of hydrogen-bond donors (Lipinski definition) is 3. The minimum Gasteiger partial charge on any atom is -0.394 e. The summed E-state index contributed by atoms with van der Waals surface area (Å²) in [5.41, 5.74) is 0. The first-order chi connectivity index (χ1) is 7.61. The molecule has 0 aromatic heterocycles. The standard InChI is InChI=1S/C10H18O6/c1-2-3-4-15-10-9(14)8(13)7(12)6(5-11)16-10/h6-8,10-13H,2-5H2,1H3/t6-,7-,8+,10?/m1/s1. The molecule has 1 unspecified atom stereocenters. The Kier molecular flexibility index (Phi) is 5.30. The quantitative estimate of drug-likeness (QED) is 0.518. The predicted octanol–water partition coefficient (Wildman–Crippen LogP) is -1.19. The molecule has 0 bridgehead atoms. The molecular weight excluding hydrogens is 216 g/mol. The smallest absolute Gasteiger partial charge is 0.221 e. The van der Waals surface area contributed by atoms with Gasteiger partial charge in [0.05, 0.1) is 13.2 Å². The topological polar surface area (TPSA) is 96.2 Å². The van der Waals surface area contributed by atoms with Crippen LogP contribution in [0.1, 0.15) is 19.8 Å². The number of ketones is 1. The second kappa shape index (κ2) is 6.27. The maximum Gasteiger partial charge on any atom is 0.221 e. The van der Waals surface area contributed by atoms with Crippen LogP contribution in [0.15, 0.2) is 0 Å². The van der Waals surface area contributed by atoms with Gasteiger partial charge < -0.3 is 24.8 Å². The molecule has 0 spiro atoms. The summed E-state index contributed by atoms with van der Waals surface area (Å²) in [5, 5.41) is 27.7. The average Bonchev–Trinajstić information content (AvgIpc) is 2.29. The van der Waals surface area contributed by atoms with E-state index in [9.17, 15) is 15.0 Å². The Bertz CT molecular complexity index is 231. The molecule has 1 heterocycles. The van der Waals surface area contributed by atoms with Gasteiger partial charge in [-0.2, -0.15) is 0 Å². The Morgan fingerprint density at radius 3 is 2.69 bits per heavy atom. The van der Waals surface area contributed by atoms with Gasteiger partial charge in [0.2, 0.25) is 12.1 Å². The van der Waals surface area contributed by atoms with E-state index >= 15 is 0 Å². The number of hydrogen-bond acceptors (Lipinski definition) is 6. The van der Waals surface area contributed by atoms with Crippen molar-refractivity contribution in [1.82, 2.24) is 0 Å². The van der Waals surface area contributed by atoms with E-state index in [0.29, 0.717) is 6.61 Å². The molecule has 6 heteroatoms. The van der Waals surface area contributed by atoms with E-state index < -0.39 is 37.0 Å². The number of carbonyl (C=O) groups is 1. The van der Waals surface area contributed by atoms with Gasteiger partial charge in [-0.15, -0.1) is 0 Å². The molecule has 16 heavy (non-hydrogen) atoms. The molecule has 6 nitrogen and oxygen atoms in total. The van der Waals surface area contributed by atoms with Gasteiger partial charge in [-0.3, -0.25) is 4.79 Å². The SMILES string of the molecule is CCCCOC1O[C@H](CO)[C@@H](O)[C@H](O)C1=O. The van der Waals surface area contributed by atoms with Gasteiger partial charge >= 0.3 is 0 Å². The van der Waals surface area contributed by atoms with E-state index in [-0.39, 0.29) is 0 Å². The molecular formula is C10H18O6. The van der Waals surface area contributed by atoms with Crippen molar-refractivity contribution in [2.75, 3.05) is 13.2 Å². The molecule has 4 atom stereocenters. The highest BCUT2D eigenvalue weighted by Crippen LogP contribution is 2.18. The van der Waals surface area contributed by atoms with Crippen molar-refractivity contribution in [3.05, 3.63) is 0 Å². The highest BCUT2D eigenvalue weighted by Gasteiger charge is 2.43. The third-order valence-corrected chi connectivity index (χ3v) is 2.47. The zero-order valence-corrected chi connectivity index (χ0v) is 9.20. The van der Waals surface area contributed by atoms with Crippen molar-refractivity contribution < 1.29 is 29.6 Å². The lowest BCUT2D eigenvalue weighted by molar-refractivity contribution is -0.239. The van der Waals surface area contributed by atoms with Crippen molar-refractivity contribution in [3.63, 3.8) is 0 Å². The first-order valence-electron chi connectivity index (χ1n) is 5.39. The van der Waals surface area contributed by atoms with E-state index in [0.717, 1.165) is 12.8 Å². The van der Waals surface area contributed by atoms with Gasteiger partial charge in [-0.05, 0) is 6.42 Å². The lowest BCUT2D eigenvalue weighted by atomic mass is 10.0. The molecule has 0 amide bonds. The molecule has 3 N–H and O–H groups in total. The molecule has 1 aliphatic rings. The first-order valence-corrected chi connectivity index (χ1v) is 5.39. The van der Waals surface area contributed by atoms with Crippen LogP contribution < -0.4 is 0 Å². The van der Waals surface area contributed by atoms with Crippen LogP contribution >= 0.6 is 0 Å². The second-order valence-electron chi connectivity index (χ2n) is 3.75. The van der Waals surface area contributed by atoms with Crippen LogP contribution in [0.2, 0.25) is 0 Å². The average molecular weight is 234 g/mol. The summed E-state index contributed by atoms with van der Waals surface area (Å²) in [6.45, 7) is 1.84. The van der Waals surface area contributed by atoms with Crippen molar-refractivity contribution in [1.29, 1.82) is 0 Å². The summed E-state index contributed by atoms with van der Waals surface area (Å²) in [5.74, 6) is -0.701. The Labute approximate surface area is 93.8 Å². The number of aliphatic hydroxyl groups is 3. The van der Waals surface area contributed by atoms with Crippen LogP contribution in [0.3, 0.4) is 0 Å². The van der Waals surface area contributed by atoms with Gasteiger partial charge in [0, 0.05) is 0 Å². The highest BCUT2D eigenvalue weighted by molar-refractivity contribution is 5.87. The van der Waals surface area contributed by atoms with Crippen LogP contribution in [-0.4, -0.2) is 58.9 Å². The Hall–Kier alpha value is -0.530. The number of unbranched alkanes of at least 4 members (excludes halogenated alkanes) is 1. The second-order valence-corrected chi connectivity index (χ2v) is 3.75. The summed E-state index contributed by atoms with van der Waals surface area (Å²) in [4.78, 5) is 11.4. The highest BCUT2D eigenvalue weighted by atomic mass is 16.7. The summed E-state index contributed by atoms with van der Waals surface area (Å²) >= 11 is 0. The molecule has 1 rings (SSSR count). The monoisotopic (exact) mass is 234 g/mol. The summed E-state index contributed by atoms with van der Waals surface area (Å²) in [6, 6.07) is 0. The Balaban J connectivity index is 2.53.